The van der Waals surface area contributed by atoms with Crippen LogP contribution in [0.2, 0.25) is 0 Å². The second-order valence-electron chi connectivity index (χ2n) is 6.68. The molecule has 2 aliphatic rings. The Hall–Kier alpha value is -0.620. The Morgan fingerprint density at radius 3 is 2.15 bits per heavy atom. The van der Waals surface area contributed by atoms with E-state index in [0.717, 1.165) is 12.8 Å². The zero-order chi connectivity index (χ0) is 15.0. The minimum absolute atomic E-state index is 0.0687. The zero-order valence-corrected chi connectivity index (χ0v) is 12.2. The van der Waals surface area contributed by atoms with Crippen molar-refractivity contribution in [2.75, 3.05) is 39.3 Å². The second kappa shape index (κ2) is 5.64. The van der Waals surface area contributed by atoms with Gasteiger partial charge in [-0.1, -0.05) is 13.8 Å². The number of carbonyl (C=O) groups excluding carboxylic acids is 1. The molecule has 0 aromatic heterocycles. The lowest BCUT2D eigenvalue weighted by molar-refractivity contribution is -0.149. The molecule has 1 aliphatic carbocycles. The average molecular weight is 292 g/mol. The van der Waals surface area contributed by atoms with Gasteiger partial charge in [0.05, 0.1) is 6.54 Å². The van der Waals surface area contributed by atoms with E-state index in [1.165, 1.54) is 4.90 Å². The highest BCUT2D eigenvalue weighted by Gasteiger charge is 2.41. The number of rotatable bonds is 3. The first-order chi connectivity index (χ1) is 9.17. The molecule has 1 heterocycles. The van der Waals surface area contributed by atoms with Crippen LogP contribution in [-0.2, 0) is 4.79 Å². The van der Waals surface area contributed by atoms with Crippen LogP contribution >= 0.6 is 0 Å². The van der Waals surface area contributed by atoms with E-state index in [-0.39, 0.29) is 11.3 Å². The number of hydrogen-bond donors (Lipinski definition) is 0. The Labute approximate surface area is 118 Å². The molecule has 0 N–H and O–H groups in total. The molecule has 20 heavy (non-hydrogen) atoms. The molecule has 1 atom stereocenters. The Balaban J connectivity index is 1.77. The van der Waals surface area contributed by atoms with Gasteiger partial charge in [-0.15, -0.1) is 0 Å². The summed E-state index contributed by atoms with van der Waals surface area (Å²) < 4.78 is 36.9. The van der Waals surface area contributed by atoms with Crippen LogP contribution < -0.4 is 0 Å². The fourth-order valence-electron chi connectivity index (χ4n) is 3.21. The lowest BCUT2D eigenvalue weighted by Crippen LogP contribution is -2.50. The fourth-order valence-corrected chi connectivity index (χ4v) is 3.21. The molecule has 2 rings (SSSR count). The number of ketones is 1. The summed E-state index contributed by atoms with van der Waals surface area (Å²) in [5.74, 6) is 0.384. The molecule has 0 aromatic rings. The summed E-state index contributed by atoms with van der Waals surface area (Å²) in [6, 6.07) is 0. The van der Waals surface area contributed by atoms with Gasteiger partial charge in [0.15, 0.2) is 0 Å². The molecule has 0 spiro atoms. The summed E-state index contributed by atoms with van der Waals surface area (Å²) >= 11 is 0. The van der Waals surface area contributed by atoms with Gasteiger partial charge in [0.2, 0.25) is 0 Å². The number of halogens is 3. The van der Waals surface area contributed by atoms with Crippen LogP contribution in [0.4, 0.5) is 13.2 Å². The van der Waals surface area contributed by atoms with E-state index in [1.807, 2.05) is 13.8 Å². The Kier molecular flexibility index (Phi) is 4.44. The maximum absolute atomic E-state index is 12.3. The lowest BCUT2D eigenvalue weighted by atomic mass is 9.89. The molecular formula is C14H23F3N2O. The van der Waals surface area contributed by atoms with Crippen molar-refractivity contribution >= 4 is 5.78 Å². The van der Waals surface area contributed by atoms with Crippen LogP contribution in [0, 0.1) is 11.3 Å². The van der Waals surface area contributed by atoms with E-state index in [9.17, 15) is 18.0 Å². The van der Waals surface area contributed by atoms with Gasteiger partial charge in [-0.25, -0.2) is 0 Å². The van der Waals surface area contributed by atoms with Crippen LogP contribution in [0.25, 0.3) is 0 Å². The first-order valence-corrected chi connectivity index (χ1v) is 7.23. The fraction of sp³-hybridized carbons (Fsp3) is 0.929. The number of carbonyl (C=O) groups is 1. The highest BCUT2D eigenvalue weighted by Crippen LogP contribution is 2.37. The van der Waals surface area contributed by atoms with Crippen molar-refractivity contribution in [3.63, 3.8) is 0 Å². The van der Waals surface area contributed by atoms with E-state index in [2.05, 4.69) is 4.90 Å². The third kappa shape index (κ3) is 3.95. The molecule has 0 radical (unpaired) electrons. The number of hydrogen-bond acceptors (Lipinski definition) is 3. The van der Waals surface area contributed by atoms with E-state index < -0.39 is 12.7 Å². The molecule has 1 aliphatic heterocycles. The second-order valence-corrected chi connectivity index (χ2v) is 6.68. The first kappa shape index (κ1) is 15.8. The first-order valence-electron chi connectivity index (χ1n) is 7.23. The SMILES string of the molecule is CC1(C)CCC(CN2CCN(CC(F)(F)F)CC2)C1=O. The minimum atomic E-state index is -4.12. The number of Topliss-reactive ketones (excluding diaryl/α,β-unsaturated/α-hetero) is 1. The van der Waals surface area contributed by atoms with Crippen LogP contribution in [0.3, 0.4) is 0 Å². The molecule has 0 bridgehead atoms. The summed E-state index contributed by atoms with van der Waals surface area (Å²) in [6.45, 7) is 5.97. The summed E-state index contributed by atoms with van der Waals surface area (Å²) in [7, 11) is 0. The predicted molar refractivity (Wildman–Crippen MR) is 70.4 cm³/mol. The zero-order valence-electron chi connectivity index (χ0n) is 12.2. The predicted octanol–water partition coefficient (Wildman–Crippen LogP) is 2.17. The van der Waals surface area contributed by atoms with Crippen molar-refractivity contribution in [2.24, 2.45) is 11.3 Å². The minimum Gasteiger partial charge on any atom is -0.300 e. The largest absolute Gasteiger partial charge is 0.401 e. The third-order valence-corrected chi connectivity index (χ3v) is 4.50. The van der Waals surface area contributed by atoms with Crippen LogP contribution in [0.5, 0.6) is 0 Å². The Morgan fingerprint density at radius 2 is 1.70 bits per heavy atom. The van der Waals surface area contributed by atoms with Crippen molar-refractivity contribution < 1.29 is 18.0 Å². The Bertz CT molecular complexity index is 360. The van der Waals surface area contributed by atoms with Crippen molar-refractivity contribution in [1.29, 1.82) is 0 Å². The maximum atomic E-state index is 12.3. The molecule has 1 saturated heterocycles. The number of nitrogens with zero attached hydrogens (tertiary/aromatic N) is 2. The van der Waals surface area contributed by atoms with E-state index in [0.29, 0.717) is 38.5 Å². The molecular weight excluding hydrogens is 269 g/mol. The summed E-state index contributed by atoms with van der Waals surface area (Å²) in [6.07, 6.45) is -2.28. The highest BCUT2D eigenvalue weighted by atomic mass is 19.4. The highest BCUT2D eigenvalue weighted by molar-refractivity contribution is 5.88. The summed E-state index contributed by atoms with van der Waals surface area (Å²) in [5, 5.41) is 0. The molecule has 2 fully saturated rings. The van der Waals surface area contributed by atoms with Crippen molar-refractivity contribution in [1.82, 2.24) is 9.80 Å². The summed E-state index contributed by atoms with van der Waals surface area (Å²) in [4.78, 5) is 15.7. The lowest BCUT2D eigenvalue weighted by Gasteiger charge is -2.36. The standard InChI is InChI=1S/C14H23F3N2O/c1-13(2)4-3-11(12(13)20)9-18-5-7-19(8-6-18)10-14(15,16)17/h11H,3-10H2,1-2H3. The molecule has 0 amide bonds. The molecule has 116 valence electrons. The van der Waals surface area contributed by atoms with Gasteiger partial charge in [-0.2, -0.15) is 13.2 Å². The Morgan fingerprint density at radius 1 is 1.15 bits per heavy atom. The van der Waals surface area contributed by atoms with Gasteiger partial charge in [-0.3, -0.25) is 9.69 Å². The van der Waals surface area contributed by atoms with Gasteiger partial charge < -0.3 is 4.90 Å². The molecule has 1 unspecified atom stereocenters. The van der Waals surface area contributed by atoms with Crippen molar-refractivity contribution in [2.45, 2.75) is 32.9 Å². The molecule has 1 saturated carbocycles. The van der Waals surface area contributed by atoms with Gasteiger partial charge in [0.1, 0.15) is 5.78 Å². The van der Waals surface area contributed by atoms with Crippen molar-refractivity contribution in [3.8, 4) is 0 Å². The normalized spacial score (nSPS) is 29.1. The van der Waals surface area contributed by atoms with Gasteiger partial charge >= 0.3 is 6.18 Å². The maximum Gasteiger partial charge on any atom is 0.401 e. The molecule has 0 aromatic carbocycles. The van der Waals surface area contributed by atoms with E-state index in [1.54, 1.807) is 0 Å². The smallest absolute Gasteiger partial charge is 0.300 e. The summed E-state index contributed by atoms with van der Waals surface area (Å²) in [5.41, 5.74) is -0.219. The average Bonchev–Trinajstić information content (AvgIpc) is 2.57. The number of piperazine rings is 1. The van der Waals surface area contributed by atoms with Crippen LogP contribution in [-0.4, -0.2) is 61.0 Å². The molecule has 6 heteroatoms. The van der Waals surface area contributed by atoms with E-state index in [4.69, 9.17) is 0 Å². The third-order valence-electron chi connectivity index (χ3n) is 4.50. The van der Waals surface area contributed by atoms with Crippen molar-refractivity contribution in [3.05, 3.63) is 0 Å². The van der Waals surface area contributed by atoms with Crippen LogP contribution in [0.1, 0.15) is 26.7 Å². The van der Waals surface area contributed by atoms with E-state index >= 15 is 0 Å². The van der Waals surface area contributed by atoms with Crippen LogP contribution in [0.15, 0.2) is 0 Å². The quantitative estimate of drug-likeness (QED) is 0.796. The van der Waals surface area contributed by atoms with Gasteiger partial charge in [0.25, 0.3) is 0 Å². The topological polar surface area (TPSA) is 23.6 Å². The van der Waals surface area contributed by atoms with Gasteiger partial charge in [-0.05, 0) is 12.8 Å². The monoisotopic (exact) mass is 292 g/mol. The number of alkyl halides is 3. The molecule has 3 nitrogen and oxygen atoms in total. The van der Waals surface area contributed by atoms with Gasteiger partial charge in [0, 0.05) is 44.1 Å².